The summed E-state index contributed by atoms with van der Waals surface area (Å²) in [5.41, 5.74) is 1.05. The molecule has 2 N–H and O–H groups in total. The van der Waals surface area contributed by atoms with Crippen LogP contribution in [0.25, 0.3) is 0 Å². The number of pyridine rings is 1. The predicted octanol–water partition coefficient (Wildman–Crippen LogP) is 3.74. The maximum absolute atomic E-state index is 12.1. The van der Waals surface area contributed by atoms with Crippen LogP contribution in [0.1, 0.15) is 40.5 Å². The normalized spacial score (nSPS) is 17.2. The number of aromatic nitrogens is 1. The smallest absolute Gasteiger partial charge is 0.407 e. The molecule has 2 heterocycles. The fourth-order valence-electron chi connectivity index (χ4n) is 2.81. The molecule has 0 bridgehead atoms. The molecule has 27 heavy (non-hydrogen) atoms. The van der Waals surface area contributed by atoms with Crippen LogP contribution in [0, 0.1) is 0 Å². The van der Waals surface area contributed by atoms with Crippen LogP contribution in [0.15, 0.2) is 24.4 Å². The molecule has 0 spiro atoms. The summed E-state index contributed by atoms with van der Waals surface area (Å²) < 4.78 is 5.34. The van der Waals surface area contributed by atoms with Crippen molar-refractivity contribution in [3.05, 3.63) is 29.6 Å². The van der Waals surface area contributed by atoms with E-state index in [0.29, 0.717) is 17.8 Å². The van der Waals surface area contributed by atoms with Gasteiger partial charge in [-0.1, -0.05) is 18.2 Å². The van der Waals surface area contributed by atoms with Crippen molar-refractivity contribution >= 4 is 35.0 Å². The van der Waals surface area contributed by atoms with Crippen molar-refractivity contribution in [2.24, 2.45) is 0 Å². The van der Waals surface area contributed by atoms with Crippen LogP contribution in [0.2, 0.25) is 5.15 Å². The minimum absolute atomic E-state index is 0.0646. The number of anilines is 2. The van der Waals surface area contributed by atoms with Gasteiger partial charge in [0.25, 0.3) is 5.91 Å². The van der Waals surface area contributed by atoms with Gasteiger partial charge in [0.1, 0.15) is 11.3 Å². The molecule has 0 saturated carbocycles. The Bertz CT molecular complexity index is 730. The molecule has 1 fully saturated rings. The fourth-order valence-corrected chi connectivity index (χ4v) is 3.01. The number of hydrogen-bond donors (Lipinski definition) is 2. The number of ether oxygens (including phenoxy) is 1. The van der Waals surface area contributed by atoms with Crippen LogP contribution in [-0.2, 0) is 9.53 Å². The van der Waals surface area contributed by atoms with Crippen molar-refractivity contribution in [1.29, 1.82) is 0 Å². The standard InChI is InChI=1S/C19H27ClN4O3/c1-12(2)17(25)23-15-14(8-9-21-16(15)20)24-10-6-7-13(11-24)22-18(26)27-19(3,4)5/h8-9,13H,1,6-7,10-11H2,2-5H3,(H,22,26)(H,23,25)/t13-/m1/s1. The van der Waals surface area contributed by atoms with E-state index in [1.54, 1.807) is 19.2 Å². The van der Waals surface area contributed by atoms with Gasteiger partial charge in [-0.15, -0.1) is 0 Å². The van der Waals surface area contributed by atoms with Crippen molar-refractivity contribution in [2.75, 3.05) is 23.3 Å². The van der Waals surface area contributed by atoms with E-state index in [1.807, 2.05) is 20.8 Å². The highest BCUT2D eigenvalue weighted by molar-refractivity contribution is 6.33. The van der Waals surface area contributed by atoms with Gasteiger partial charge < -0.3 is 20.3 Å². The first kappa shape index (κ1) is 21.0. The third-order valence-electron chi connectivity index (χ3n) is 3.99. The van der Waals surface area contributed by atoms with Gasteiger partial charge in [-0.2, -0.15) is 0 Å². The zero-order valence-corrected chi connectivity index (χ0v) is 17.0. The summed E-state index contributed by atoms with van der Waals surface area (Å²) in [4.78, 5) is 30.3. The number of carbonyl (C=O) groups excluding carboxylic acids is 2. The van der Waals surface area contributed by atoms with Crippen molar-refractivity contribution in [2.45, 2.75) is 52.2 Å². The molecule has 7 nitrogen and oxygen atoms in total. The van der Waals surface area contributed by atoms with Crippen LogP contribution in [0.5, 0.6) is 0 Å². The average molecular weight is 395 g/mol. The van der Waals surface area contributed by atoms with Gasteiger partial charge in [0.05, 0.1) is 5.69 Å². The fraction of sp³-hybridized carbons (Fsp3) is 0.526. The molecule has 0 radical (unpaired) electrons. The Hall–Kier alpha value is -2.28. The summed E-state index contributed by atoms with van der Waals surface area (Å²) in [7, 11) is 0. The van der Waals surface area contributed by atoms with Gasteiger partial charge in [-0.05, 0) is 46.6 Å². The lowest BCUT2D eigenvalue weighted by Gasteiger charge is -2.36. The molecular formula is C19H27ClN4O3. The summed E-state index contributed by atoms with van der Waals surface area (Å²) in [5.74, 6) is -0.313. The highest BCUT2D eigenvalue weighted by Gasteiger charge is 2.26. The molecule has 8 heteroatoms. The number of carbonyl (C=O) groups is 2. The second-order valence-corrected chi connectivity index (χ2v) is 8.02. The quantitative estimate of drug-likeness (QED) is 0.600. The Morgan fingerprint density at radius 1 is 1.41 bits per heavy atom. The van der Waals surface area contributed by atoms with Gasteiger partial charge in [0, 0.05) is 30.9 Å². The third kappa shape index (κ3) is 6.13. The molecule has 0 aliphatic carbocycles. The summed E-state index contributed by atoms with van der Waals surface area (Å²) >= 11 is 6.22. The lowest BCUT2D eigenvalue weighted by Crippen LogP contribution is -2.49. The van der Waals surface area contributed by atoms with E-state index in [1.165, 1.54) is 0 Å². The maximum atomic E-state index is 12.1. The zero-order chi connectivity index (χ0) is 20.2. The maximum Gasteiger partial charge on any atom is 0.407 e. The molecular weight excluding hydrogens is 368 g/mol. The third-order valence-corrected chi connectivity index (χ3v) is 4.28. The molecule has 1 atom stereocenters. The number of amides is 2. The van der Waals surface area contributed by atoms with Crippen LogP contribution < -0.4 is 15.5 Å². The minimum Gasteiger partial charge on any atom is -0.444 e. The molecule has 2 rings (SSSR count). The number of hydrogen-bond acceptors (Lipinski definition) is 5. The molecule has 2 amide bonds. The highest BCUT2D eigenvalue weighted by atomic mass is 35.5. The molecule has 0 aromatic carbocycles. The summed E-state index contributed by atoms with van der Waals surface area (Å²) in [6.45, 7) is 12.1. The second kappa shape index (κ2) is 8.61. The second-order valence-electron chi connectivity index (χ2n) is 7.66. The summed E-state index contributed by atoms with van der Waals surface area (Å²) in [6.07, 6.45) is 2.90. The average Bonchev–Trinajstić information content (AvgIpc) is 2.54. The molecule has 1 aliphatic rings. The van der Waals surface area contributed by atoms with E-state index in [0.717, 1.165) is 25.1 Å². The van der Waals surface area contributed by atoms with Gasteiger partial charge >= 0.3 is 6.09 Å². The first-order chi connectivity index (χ1) is 12.6. The number of alkyl carbamates (subject to hydrolysis) is 1. The molecule has 1 aromatic heterocycles. The zero-order valence-electron chi connectivity index (χ0n) is 16.3. The monoisotopic (exact) mass is 394 g/mol. The van der Waals surface area contributed by atoms with E-state index in [-0.39, 0.29) is 17.1 Å². The Morgan fingerprint density at radius 2 is 2.11 bits per heavy atom. The molecule has 1 saturated heterocycles. The van der Waals surface area contributed by atoms with Crippen molar-refractivity contribution < 1.29 is 14.3 Å². The number of nitrogens with zero attached hydrogens (tertiary/aromatic N) is 2. The van der Waals surface area contributed by atoms with Crippen molar-refractivity contribution in [1.82, 2.24) is 10.3 Å². The van der Waals surface area contributed by atoms with E-state index < -0.39 is 11.7 Å². The molecule has 0 unspecified atom stereocenters. The first-order valence-electron chi connectivity index (χ1n) is 8.92. The summed E-state index contributed by atoms with van der Waals surface area (Å²) in [5, 5.41) is 5.90. The Labute approximate surface area is 165 Å². The lowest BCUT2D eigenvalue weighted by atomic mass is 10.0. The Kier molecular flexibility index (Phi) is 6.70. The highest BCUT2D eigenvalue weighted by Crippen LogP contribution is 2.33. The molecule has 148 valence electrons. The first-order valence-corrected chi connectivity index (χ1v) is 9.30. The van der Waals surface area contributed by atoms with E-state index in [9.17, 15) is 9.59 Å². The van der Waals surface area contributed by atoms with Gasteiger partial charge in [-0.25, -0.2) is 9.78 Å². The largest absolute Gasteiger partial charge is 0.444 e. The van der Waals surface area contributed by atoms with Crippen LogP contribution in [0.3, 0.4) is 0 Å². The SMILES string of the molecule is C=C(C)C(=O)Nc1c(N2CCC[C@@H](NC(=O)OC(C)(C)C)C2)ccnc1Cl. The summed E-state index contributed by atoms with van der Waals surface area (Å²) in [6, 6.07) is 1.74. The van der Waals surface area contributed by atoms with Crippen molar-refractivity contribution in [3.63, 3.8) is 0 Å². The molecule has 1 aromatic rings. The number of halogens is 1. The van der Waals surface area contributed by atoms with Gasteiger partial charge in [0.15, 0.2) is 5.15 Å². The van der Waals surface area contributed by atoms with Gasteiger partial charge in [0.2, 0.25) is 0 Å². The number of nitrogens with one attached hydrogen (secondary N) is 2. The topological polar surface area (TPSA) is 83.6 Å². The minimum atomic E-state index is -0.545. The number of rotatable bonds is 4. The molecule has 1 aliphatic heterocycles. The van der Waals surface area contributed by atoms with Gasteiger partial charge in [-0.3, -0.25) is 4.79 Å². The van der Waals surface area contributed by atoms with Crippen LogP contribution in [0.4, 0.5) is 16.2 Å². The lowest BCUT2D eigenvalue weighted by molar-refractivity contribution is -0.112. The number of piperidine rings is 1. The van der Waals surface area contributed by atoms with E-state index in [2.05, 4.69) is 27.1 Å². The van der Waals surface area contributed by atoms with E-state index >= 15 is 0 Å². The van der Waals surface area contributed by atoms with E-state index in [4.69, 9.17) is 16.3 Å². The Balaban J connectivity index is 2.14. The van der Waals surface area contributed by atoms with Crippen LogP contribution >= 0.6 is 11.6 Å². The predicted molar refractivity (Wildman–Crippen MR) is 107 cm³/mol. The van der Waals surface area contributed by atoms with Crippen molar-refractivity contribution in [3.8, 4) is 0 Å². The van der Waals surface area contributed by atoms with Crippen LogP contribution in [-0.4, -0.2) is 41.7 Å². The Morgan fingerprint density at radius 3 is 2.74 bits per heavy atom.